The zero-order chi connectivity index (χ0) is 21.4. The van der Waals surface area contributed by atoms with Crippen molar-refractivity contribution in [3.63, 3.8) is 0 Å². The monoisotopic (exact) mass is 444 g/mol. The highest BCUT2D eigenvalue weighted by molar-refractivity contribution is 6.42. The van der Waals surface area contributed by atoms with Crippen molar-refractivity contribution in [2.75, 3.05) is 13.1 Å². The van der Waals surface area contributed by atoms with Gasteiger partial charge in [0, 0.05) is 41.7 Å². The fourth-order valence-electron chi connectivity index (χ4n) is 3.91. The van der Waals surface area contributed by atoms with Gasteiger partial charge in [-0.25, -0.2) is 4.39 Å². The van der Waals surface area contributed by atoms with E-state index in [-0.39, 0.29) is 23.4 Å². The van der Waals surface area contributed by atoms with Crippen molar-refractivity contribution in [2.45, 2.75) is 19.8 Å². The number of piperidine rings is 1. The van der Waals surface area contributed by atoms with Crippen LogP contribution in [-0.2, 0) is 0 Å². The number of amides is 1. The Morgan fingerprint density at radius 1 is 1.03 bits per heavy atom. The first kappa shape index (κ1) is 20.8. The number of carbonyl (C=O) groups is 2. The van der Waals surface area contributed by atoms with Gasteiger partial charge in [0.05, 0.1) is 21.1 Å². The minimum Gasteiger partial charge on any atom is -0.339 e. The SMILES string of the molecule is Cc1cc(C(=O)N2CCC(C(=O)c3ccc(Cl)c(Cl)c3)CC2)c2ccc(F)cc2n1. The summed E-state index contributed by atoms with van der Waals surface area (Å²) in [6.07, 6.45) is 1.14. The summed E-state index contributed by atoms with van der Waals surface area (Å²) in [6, 6.07) is 10.9. The molecule has 0 saturated carbocycles. The lowest BCUT2D eigenvalue weighted by Gasteiger charge is -2.31. The zero-order valence-electron chi connectivity index (χ0n) is 16.3. The van der Waals surface area contributed by atoms with Crippen molar-refractivity contribution >= 4 is 45.8 Å². The number of carbonyl (C=O) groups excluding carboxylic acids is 2. The van der Waals surface area contributed by atoms with Crippen LogP contribution >= 0.6 is 23.2 Å². The Morgan fingerprint density at radius 2 is 1.77 bits per heavy atom. The van der Waals surface area contributed by atoms with Crippen molar-refractivity contribution in [3.8, 4) is 0 Å². The van der Waals surface area contributed by atoms with Crippen molar-refractivity contribution in [3.05, 3.63) is 75.1 Å². The van der Waals surface area contributed by atoms with E-state index in [4.69, 9.17) is 23.2 Å². The minimum absolute atomic E-state index is 0.0151. The lowest BCUT2D eigenvalue weighted by molar-refractivity contribution is 0.0652. The van der Waals surface area contributed by atoms with Crippen LogP contribution in [0.5, 0.6) is 0 Å². The molecule has 1 aliphatic heterocycles. The third-order valence-electron chi connectivity index (χ3n) is 5.49. The molecule has 30 heavy (non-hydrogen) atoms. The van der Waals surface area contributed by atoms with Gasteiger partial charge in [-0.15, -0.1) is 0 Å². The van der Waals surface area contributed by atoms with Crippen LogP contribution in [0.2, 0.25) is 10.0 Å². The molecule has 4 nitrogen and oxygen atoms in total. The molecule has 1 saturated heterocycles. The number of aromatic nitrogens is 1. The number of benzene rings is 2. The first-order valence-corrected chi connectivity index (χ1v) is 10.4. The first-order valence-electron chi connectivity index (χ1n) is 9.69. The summed E-state index contributed by atoms with van der Waals surface area (Å²) >= 11 is 12.0. The second-order valence-electron chi connectivity index (χ2n) is 7.53. The molecule has 7 heteroatoms. The zero-order valence-corrected chi connectivity index (χ0v) is 17.8. The predicted molar refractivity (Wildman–Crippen MR) is 116 cm³/mol. The molecule has 1 aromatic heterocycles. The molecule has 3 aromatic rings. The van der Waals surface area contributed by atoms with Gasteiger partial charge in [-0.05, 0) is 56.2 Å². The number of aryl methyl sites for hydroxylation is 1. The standard InChI is InChI=1S/C23H19Cl2FN2O2/c1-13-10-18(17-4-3-16(26)12-21(17)27-13)23(30)28-8-6-14(7-9-28)22(29)15-2-5-19(24)20(25)11-15/h2-5,10-12,14H,6-9H2,1H3. The van der Waals surface area contributed by atoms with Gasteiger partial charge < -0.3 is 4.90 Å². The summed E-state index contributed by atoms with van der Waals surface area (Å²) in [4.78, 5) is 32.1. The Labute approximate surface area is 183 Å². The van der Waals surface area contributed by atoms with Crippen LogP contribution in [0.15, 0.2) is 42.5 Å². The van der Waals surface area contributed by atoms with Gasteiger partial charge in [0.25, 0.3) is 5.91 Å². The molecule has 0 aliphatic carbocycles. The summed E-state index contributed by atoms with van der Waals surface area (Å²) in [5, 5.41) is 1.39. The van der Waals surface area contributed by atoms with E-state index in [2.05, 4.69) is 4.98 Å². The average molecular weight is 445 g/mol. The van der Waals surface area contributed by atoms with Gasteiger partial charge in [-0.2, -0.15) is 0 Å². The van der Waals surface area contributed by atoms with Gasteiger partial charge in [0.2, 0.25) is 0 Å². The number of nitrogens with zero attached hydrogens (tertiary/aromatic N) is 2. The third-order valence-corrected chi connectivity index (χ3v) is 6.23. The molecule has 0 radical (unpaired) electrons. The van der Waals surface area contributed by atoms with E-state index < -0.39 is 0 Å². The third kappa shape index (κ3) is 4.05. The van der Waals surface area contributed by atoms with Crippen molar-refractivity contribution in [2.24, 2.45) is 5.92 Å². The number of rotatable bonds is 3. The fraction of sp³-hybridized carbons (Fsp3) is 0.261. The lowest BCUT2D eigenvalue weighted by Crippen LogP contribution is -2.40. The van der Waals surface area contributed by atoms with Crippen molar-refractivity contribution in [1.82, 2.24) is 9.88 Å². The fourth-order valence-corrected chi connectivity index (χ4v) is 4.21. The molecule has 0 atom stereocenters. The summed E-state index contributed by atoms with van der Waals surface area (Å²) in [7, 11) is 0. The predicted octanol–water partition coefficient (Wildman–Crippen LogP) is 5.72. The highest BCUT2D eigenvalue weighted by atomic mass is 35.5. The lowest BCUT2D eigenvalue weighted by atomic mass is 9.88. The summed E-state index contributed by atoms with van der Waals surface area (Å²) in [5.41, 5.74) is 2.16. The van der Waals surface area contributed by atoms with Crippen LogP contribution in [-0.4, -0.2) is 34.7 Å². The highest BCUT2D eigenvalue weighted by Crippen LogP contribution is 2.28. The quantitative estimate of drug-likeness (QED) is 0.485. The maximum Gasteiger partial charge on any atom is 0.254 e. The van der Waals surface area contributed by atoms with Crippen LogP contribution in [0, 0.1) is 18.7 Å². The number of likely N-dealkylation sites (tertiary alicyclic amines) is 1. The van der Waals surface area contributed by atoms with E-state index in [0.717, 1.165) is 0 Å². The molecule has 1 amide bonds. The molecule has 4 rings (SSSR count). The van der Waals surface area contributed by atoms with E-state index in [0.29, 0.717) is 63.7 Å². The molecule has 0 N–H and O–H groups in total. The highest BCUT2D eigenvalue weighted by Gasteiger charge is 2.29. The van der Waals surface area contributed by atoms with E-state index in [1.54, 1.807) is 42.2 Å². The molecular formula is C23H19Cl2FN2O2. The number of fused-ring (bicyclic) bond motifs is 1. The van der Waals surface area contributed by atoms with Crippen molar-refractivity contribution in [1.29, 1.82) is 0 Å². The van der Waals surface area contributed by atoms with Gasteiger partial charge in [-0.1, -0.05) is 23.2 Å². The molecular weight excluding hydrogens is 426 g/mol. The summed E-state index contributed by atoms with van der Waals surface area (Å²) < 4.78 is 13.6. The van der Waals surface area contributed by atoms with E-state index in [9.17, 15) is 14.0 Å². The van der Waals surface area contributed by atoms with E-state index in [1.165, 1.54) is 12.1 Å². The number of halogens is 3. The maximum absolute atomic E-state index is 13.6. The minimum atomic E-state index is -0.388. The van der Waals surface area contributed by atoms with Crippen molar-refractivity contribution < 1.29 is 14.0 Å². The molecule has 1 aliphatic rings. The van der Waals surface area contributed by atoms with Gasteiger partial charge in [-0.3, -0.25) is 14.6 Å². The van der Waals surface area contributed by atoms with Crippen LogP contribution in [0.4, 0.5) is 4.39 Å². The molecule has 0 unspecified atom stereocenters. The van der Waals surface area contributed by atoms with Crippen LogP contribution in [0.25, 0.3) is 10.9 Å². The summed E-state index contributed by atoms with van der Waals surface area (Å²) in [5.74, 6) is -0.671. The second-order valence-corrected chi connectivity index (χ2v) is 8.35. The Hall–Kier alpha value is -2.50. The van der Waals surface area contributed by atoms with Crippen LogP contribution < -0.4 is 0 Å². The smallest absolute Gasteiger partial charge is 0.254 e. The number of pyridine rings is 1. The van der Waals surface area contributed by atoms with E-state index in [1.807, 2.05) is 0 Å². The molecule has 0 spiro atoms. The number of hydrogen-bond acceptors (Lipinski definition) is 3. The van der Waals surface area contributed by atoms with Crippen LogP contribution in [0.1, 0.15) is 39.3 Å². The number of ketones is 1. The first-order chi connectivity index (χ1) is 14.3. The molecule has 0 bridgehead atoms. The molecule has 154 valence electrons. The van der Waals surface area contributed by atoms with Gasteiger partial charge in [0.15, 0.2) is 5.78 Å². The normalized spacial score (nSPS) is 14.9. The largest absolute Gasteiger partial charge is 0.339 e. The van der Waals surface area contributed by atoms with E-state index >= 15 is 0 Å². The molecule has 2 heterocycles. The summed E-state index contributed by atoms with van der Waals surface area (Å²) in [6.45, 7) is 2.73. The number of hydrogen-bond donors (Lipinski definition) is 0. The number of Topliss-reactive ketones (excluding diaryl/α,β-unsaturated/α-hetero) is 1. The second kappa shape index (κ2) is 8.32. The Kier molecular flexibility index (Phi) is 5.76. The van der Waals surface area contributed by atoms with Crippen LogP contribution in [0.3, 0.4) is 0 Å². The molecule has 1 fully saturated rings. The topological polar surface area (TPSA) is 50.3 Å². The Balaban J connectivity index is 1.50. The maximum atomic E-state index is 13.6. The Bertz CT molecular complexity index is 1150. The molecule has 2 aromatic carbocycles. The van der Waals surface area contributed by atoms with Gasteiger partial charge in [0.1, 0.15) is 5.82 Å². The van der Waals surface area contributed by atoms with Gasteiger partial charge >= 0.3 is 0 Å². The average Bonchev–Trinajstić information content (AvgIpc) is 2.74. The Morgan fingerprint density at radius 3 is 2.47 bits per heavy atom.